The summed E-state index contributed by atoms with van der Waals surface area (Å²) in [5.41, 5.74) is 1.24. The monoisotopic (exact) mass is 288 g/mol. The summed E-state index contributed by atoms with van der Waals surface area (Å²) in [4.78, 5) is 4.06. The highest BCUT2D eigenvalue weighted by molar-refractivity contribution is 5.65. The maximum absolute atomic E-state index is 13.4. The third-order valence-electron chi connectivity index (χ3n) is 2.92. The van der Waals surface area contributed by atoms with Crippen molar-refractivity contribution in [2.45, 2.75) is 6.92 Å². The molecule has 0 amide bonds. The van der Waals surface area contributed by atoms with Crippen LogP contribution in [0.5, 0.6) is 5.75 Å². The number of nitrogens with zero attached hydrogens (tertiary/aromatic N) is 2. The number of rotatable bonds is 2. The molecule has 21 heavy (non-hydrogen) atoms. The van der Waals surface area contributed by atoms with Gasteiger partial charge in [-0.2, -0.15) is 4.98 Å². The van der Waals surface area contributed by atoms with Gasteiger partial charge < -0.3 is 9.63 Å². The Hall–Kier alpha value is -2.76. The highest BCUT2D eigenvalue weighted by atomic mass is 19.1. The Labute approximate surface area is 118 Å². The molecular weight excluding hydrogens is 278 g/mol. The molecule has 3 aromatic rings. The molecule has 0 unspecified atom stereocenters. The fourth-order valence-corrected chi connectivity index (χ4v) is 2.00. The molecule has 1 N–H and O–H groups in total. The van der Waals surface area contributed by atoms with Crippen LogP contribution in [0.2, 0.25) is 0 Å². The third kappa shape index (κ3) is 2.60. The van der Waals surface area contributed by atoms with Crippen molar-refractivity contribution in [3.05, 3.63) is 53.6 Å². The van der Waals surface area contributed by atoms with Crippen LogP contribution in [-0.4, -0.2) is 15.2 Å². The number of aromatic nitrogens is 2. The molecule has 0 aliphatic carbocycles. The van der Waals surface area contributed by atoms with E-state index in [-0.39, 0.29) is 23.0 Å². The zero-order chi connectivity index (χ0) is 15.0. The van der Waals surface area contributed by atoms with Crippen LogP contribution in [0.4, 0.5) is 8.78 Å². The van der Waals surface area contributed by atoms with E-state index < -0.39 is 11.6 Å². The largest absolute Gasteiger partial charge is 0.507 e. The van der Waals surface area contributed by atoms with E-state index in [9.17, 15) is 13.9 Å². The topological polar surface area (TPSA) is 59.2 Å². The van der Waals surface area contributed by atoms with Crippen LogP contribution >= 0.6 is 0 Å². The van der Waals surface area contributed by atoms with Crippen molar-refractivity contribution >= 4 is 0 Å². The molecule has 3 rings (SSSR count). The highest BCUT2D eigenvalue weighted by Crippen LogP contribution is 2.30. The molecule has 0 fully saturated rings. The molecule has 1 heterocycles. The lowest BCUT2D eigenvalue weighted by atomic mass is 10.1. The van der Waals surface area contributed by atoms with Gasteiger partial charge >= 0.3 is 0 Å². The molecule has 0 radical (unpaired) electrons. The number of phenols is 1. The van der Waals surface area contributed by atoms with E-state index in [4.69, 9.17) is 4.52 Å². The smallest absolute Gasteiger partial charge is 0.262 e. The second kappa shape index (κ2) is 4.97. The summed E-state index contributed by atoms with van der Waals surface area (Å²) in [6.45, 7) is 1.74. The minimum Gasteiger partial charge on any atom is -0.507 e. The Morgan fingerprint density at radius 1 is 1.05 bits per heavy atom. The van der Waals surface area contributed by atoms with Crippen molar-refractivity contribution in [2.24, 2.45) is 0 Å². The molecule has 106 valence electrons. The van der Waals surface area contributed by atoms with Gasteiger partial charge in [0.25, 0.3) is 5.89 Å². The van der Waals surface area contributed by atoms with Gasteiger partial charge in [-0.25, -0.2) is 8.78 Å². The summed E-state index contributed by atoms with van der Waals surface area (Å²) in [6.07, 6.45) is 0. The van der Waals surface area contributed by atoms with Crippen LogP contribution in [0.3, 0.4) is 0 Å². The lowest BCUT2D eigenvalue weighted by Crippen LogP contribution is -1.86. The summed E-state index contributed by atoms with van der Waals surface area (Å²) in [7, 11) is 0. The highest BCUT2D eigenvalue weighted by Gasteiger charge is 2.15. The second-order valence-electron chi connectivity index (χ2n) is 4.60. The Morgan fingerprint density at radius 3 is 2.62 bits per heavy atom. The predicted octanol–water partition coefficient (Wildman–Crippen LogP) is 3.70. The molecule has 0 saturated carbocycles. The van der Waals surface area contributed by atoms with E-state index in [0.717, 1.165) is 12.1 Å². The molecular formula is C15H10F2N2O2. The number of phenolic OH excluding ortho intramolecular Hbond substituents is 1. The summed E-state index contributed by atoms with van der Waals surface area (Å²) >= 11 is 0. The normalized spacial score (nSPS) is 10.8. The van der Waals surface area contributed by atoms with Crippen LogP contribution < -0.4 is 0 Å². The van der Waals surface area contributed by atoms with E-state index >= 15 is 0 Å². The van der Waals surface area contributed by atoms with Gasteiger partial charge in [0.1, 0.15) is 17.4 Å². The van der Waals surface area contributed by atoms with Crippen LogP contribution in [0.25, 0.3) is 22.8 Å². The number of hydrogen-bond acceptors (Lipinski definition) is 4. The summed E-state index contributed by atoms with van der Waals surface area (Å²) in [5.74, 6) is -1.00. The fraction of sp³-hybridized carbons (Fsp3) is 0.0667. The zero-order valence-corrected chi connectivity index (χ0v) is 11.0. The molecule has 1 aromatic heterocycles. The van der Waals surface area contributed by atoms with Gasteiger partial charge in [-0.3, -0.25) is 0 Å². The predicted molar refractivity (Wildman–Crippen MR) is 71.5 cm³/mol. The molecule has 0 aliphatic rings. The van der Waals surface area contributed by atoms with Crippen molar-refractivity contribution in [2.75, 3.05) is 0 Å². The SMILES string of the molecule is Cc1cc(F)cc(-c2noc(-c3cc(F)ccc3O)n2)c1. The lowest BCUT2D eigenvalue weighted by Gasteiger charge is -1.99. The van der Waals surface area contributed by atoms with Crippen molar-refractivity contribution < 1.29 is 18.4 Å². The molecule has 2 aromatic carbocycles. The molecule has 0 saturated heterocycles. The zero-order valence-electron chi connectivity index (χ0n) is 11.0. The maximum Gasteiger partial charge on any atom is 0.262 e. The van der Waals surface area contributed by atoms with Crippen LogP contribution in [0.15, 0.2) is 40.9 Å². The van der Waals surface area contributed by atoms with Gasteiger partial charge in [0.2, 0.25) is 5.82 Å². The van der Waals surface area contributed by atoms with Gasteiger partial charge in [0, 0.05) is 5.56 Å². The van der Waals surface area contributed by atoms with Crippen LogP contribution in [0, 0.1) is 18.6 Å². The van der Waals surface area contributed by atoms with Crippen molar-refractivity contribution in [3.63, 3.8) is 0 Å². The molecule has 0 bridgehead atoms. The Kier molecular flexibility index (Phi) is 3.13. The minimum atomic E-state index is -0.538. The van der Waals surface area contributed by atoms with E-state index in [1.807, 2.05) is 0 Å². The quantitative estimate of drug-likeness (QED) is 0.781. The average Bonchev–Trinajstić information content (AvgIpc) is 2.90. The number of benzene rings is 2. The van der Waals surface area contributed by atoms with Gasteiger partial charge in [-0.1, -0.05) is 5.16 Å². The maximum atomic E-state index is 13.4. The first kappa shape index (κ1) is 13.2. The summed E-state index contributed by atoms with van der Waals surface area (Å²) < 4.78 is 31.6. The number of aryl methyl sites for hydroxylation is 1. The minimum absolute atomic E-state index is 0.0380. The van der Waals surface area contributed by atoms with Crippen LogP contribution in [0.1, 0.15) is 5.56 Å². The first-order chi connectivity index (χ1) is 10.0. The molecule has 6 heteroatoms. The number of aromatic hydroxyl groups is 1. The van der Waals surface area contributed by atoms with Gasteiger partial charge in [-0.15, -0.1) is 0 Å². The number of halogens is 2. The van der Waals surface area contributed by atoms with Crippen molar-refractivity contribution in [1.82, 2.24) is 10.1 Å². The van der Waals surface area contributed by atoms with Crippen molar-refractivity contribution in [3.8, 4) is 28.6 Å². The molecule has 0 atom stereocenters. The third-order valence-corrected chi connectivity index (χ3v) is 2.92. The molecule has 4 nitrogen and oxygen atoms in total. The lowest BCUT2D eigenvalue weighted by molar-refractivity contribution is 0.425. The molecule has 0 spiro atoms. The average molecular weight is 288 g/mol. The second-order valence-corrected chi connectivity index (χ2v) is 4.60. The van der Waals surface area contributed by atoms with Gasteiger partial charge in [0.05, 0.1) is 5.56 Å². The fourth-order valence-electron chi connectivity index (χ4n) is 2.00. The van der Waals surface area contributed by atoms with Crippen LogP contribution in [-0.2, 0) is 0 Å². The Balaban J connectivity index is 2.05. The summed E-state index contributed by atoms with van der Waals surface area (Å²) in [6, 6.07) is 7.75. The number of hydrogen-bond donors (Lipinski definition) is 1. The standard InChI is InChI=1S/C15H10F2N2O2/c1-8-4-9(6-11(17)5-8)14-18-15(21-19-14)12-7-10(16)2-3-13(12)20/h2-7,20H,1H3. The van der Waals surface area contributed by atoms with E-state index in [2.05, 4.69) is 10.1 Å². The van der Waals surface area contributed by atoms with Gasteiger partial charge in [0.15, 0.2) is 0 Å². The first-order valence-corrected chi connectivity index (χ1v) is 6.13. The Morgan fingerprint density at radius 2 is 1.86 bits per heavy atom. The first-order valence-electron chi connectivity index (χ1n) is 6.13. The Bertz CT molecular complexity index is 795. The van der Waals surface area contributed by atoms with E-state index in [1.165, 1.54) is 18.2 Å². The summed E-state index contributed by atoms with van der Waals surface area (Å²) in [5, 5.41) is 13.4. The molecule has 0 aliphatic heterocycles. The van der Waals surface area contributed by atoms with E-state index in [0.29, 0.717) is 11.1 Å². The van der Waals surface area contributed by atoms with Crippen molar-refractivity contribution in [1.29, 1.82) is 0 Å². The van der Waals surface area contributed by atoms with Gasteiger partial charge in [-0.05, 0) is 48.9 Å². The van der Waals surface area contributed by atoms with E-state index in [1.54, 1.807) is 13.0 Å².